The molecule has 1 aromatic carbocycles. The number of rotatable bonds is 4. The van der Waals surface area contributed by atoms with Crippen LogP contribution in [0.5, 0.6) is 0 Å². The van der Waals surface area contributed by atoms with Crippen LogP contribution in [0, 0.1) is 0 Å². The first-order chi connectivity index (χ1) is 7.24. The Kier molecular flexibility index (Phi) is 4.57. The molecular formula is C12H16N2O. The van der Waals surface area contributed by atoms with E-state index in [0.29, 0.717) is 6.54 Å². The Balaban J connectivity index is 2.81. The van der Waals surface area contributed by atoms with Crippen LogP contribution in [0.25, 0.3) is 6.08 Å². The predicted octanol–water partition coefficient (Wildman–Crippen LogP) is 2.01. The Morgan fingerprint density at radius 2 is 2.20 bits per heavy atom. The number of hydrogen-bond acceptors (Lipinski definition) is 2. The standard InChI is InChI=1S/C12H16N2O/c1-10(15)14-12-8-3-2-6-11(12)7-4-5-9-13/h2-4,6-8H,5,9,13H2,1H3,(H,14,15). The number of nitrogens with one attached hydrogen (secondary N) is 1. The van der Waals surface area contributed by atoms with E-state index in [-0.39, 0.29) is 5.91 Å². The lowest BCUT2D eigenvalue weighted by Gasteiger charge is -2.05. The lowest BCUT2D eigenvalue weighted by Crippen LogP contribution is -2.06. The van der Waals surface area contributed by atoms with Crippen molar-refractivity contribution >= 4 is 17.7 Å². The van der Waals surface area contributed by atoms with E-state index in [2.05, 4.69) is 5.32 Å². The third kappa shape index (κ3) is 3.95. The second-order valence-corrected chi connectivity index (χ2v) is 3.25. The van der Waals surface area contributed by atoms with Gasteiger partial charge in [-0.2, -0.15) is 0 Å². The van der Waals surface area contributed by atoms with Gasteiger partial charge in [0.15, 0.2) is 0 Å². The van der Waals surface area contributed by atoms with Crippen LogP contribution in [0.3, 0.4) is 0 Å². The van der Waals surface area contributed by atoms with Gasteiger partial charge in [-0.25, -0.2) is 0 Å². The van der Waals surface area contributed by atoms with Crippen molar-refractivity contribution in [3.05, 3.63) is 35.9 Å². The smallest absolute Gasteiger partial charge is 0.221 e. The summed E-state index contributed by atoms with van der Waals surface area (Å²) in [5.74, 6) is -0.0605. The molecule has 0 atom stereocenters. The number of nitrogens with two attached hydrogens (primary N) is 1. The number of carbonyl (C=O) groups is 1. The molecule has 3 nitrogen and oxygen atoms in total. The zero-order valence-corrected chi connectivity index (χ0v) is 8.86. The average molecular weight is 204 g/mol. The molecule has 0 aliphatic heterocycles. The molecule has 1 aromatic rings. The SMILES string of the molecule is CC(=O)Nc1ccccc1C=CCCN. The number of para-hydroxylation sites is 1. The highest BCUT2D eigenvalue weighted by atomic mass is 16.1. The van der Waals surface area contributed by atoms with Gasteiger partial charge in [0.25, 0.3) is 0 Å². The minimum absolute atomic E-state index is 0.0605. The maximum atomic E-state index is 10.9. The van der Waals surface area contributed by atoms with Crippen LogP contribution < -0.4 is 11.1 Å². The molecule has 15 heavy (non-hydrogen) atoms. The summed E-state index contributed by atoms with van der Waals surface area (Å²) in [6, 6.07) is 7.67. The van der Waals surface area contributed by atoms with Gasteiger partial charge in [-0.3, -0.25) is 4.79 Å². The van der Waals surface area contributed by atoms with Crippen molar-refractivity contribution in [1.29, 1.82) is 0 Å². The molecule has 80 valence electrons. The molecular weight excluding hydrogens is 188 g/mol. The van der Waals surface area contributed by atoms with Gasteiger partial charge < -0.3 is 11.1 Å². The summed E-state index contributed by atoms with van der Waals surface area (Å²) in [5.41, 5.74) is 7.22. The fourth-order valence-corrected chi connectivity index (χ4v) is 1.25. The molecule has 0 aromatic heterocycles. The molecule has 0 aliphatic carbocycles. The van der Waals surface area contributed by atoms with Crippen molar-refractivity contribution in [3.63, 3.8) is 0 Å². The minimum Gasteiger partial charge on any atom is -0.330 e. The monoisotopic (exact) mass is 204 g/mol. The molecule has 3 N–H and O–H groups in total. The Hall–Kier alpha value is -1.61. The van der Waals surface area contributed by atoms with Crippen molar-refractivity contribution < 1.29 is 4.79 Å². The lowest BCUT2D eigenvalue weighted by molar-refractivity contribution is -0.114. The first kappa shape index (κ1) is 11.5. The third-order valence-electron chi connectivity index (χ3n) is 1.90. The number of carbonyl (C=O) groups excluding carboxylic acids is 1. The van der Waals surface area contributed by atoms with E-state index < -0.39 is 0 Å². The molecule has 1 amide bonds. The molecule has 1 rings (SSSR count). The highest BCUT2D eigenvalue weighted by molar-refractivity contribution is 5.91. The topological polar surface area (TPSA) is 55.1 Å². The number of benzene rings is 1. The van der Waals surface area contributed by atoms with Crippen LogP contribution in [0.15, 0.2) is 30.3 Å². The zero-order chi connectivity index (χ0) is 11.1. The number of amides is 1. The third-order valence-corrected chi connectivity index (χ3v) is 1.90. The second-order valence-electron chi connectivity index (χ2n) is 3.25. The first-order valence-electron chi connectivity index (χ1n) is 4.97. The van der Waals surface area contributed by atoms with Crippen LogP contribution in [0.1, 0.15) is 18.9 Å². The number of anilines is 1. The molecule has 0 spiro atoms. The highest BCUT2D eigenvalue weighted by Crippen LogP contribution is 2.16. The van der Waals surface area contributed by atoms with Gasteiger partial charge in [-0.15, -0.1) is 0 Å². The predicted molar refractivity (Wildman–Crippen MR) is 63.5 cm³/mol. The molecule has 0 unspecified atom stereocenters. The number of hydrogen-bond donors (Lipinski definition) is 2. The van der Waals surface area contributed by atoms with Gasteiger partial charge in [0.2, 0.25) is 5.91 Å². The quantitative estimate of drug-likeness (QED) is 0.788. The molecule has 3 heteroatoms. The maximum Gasteiger partial charge on any atom is 0.221 e. The molecule has 0 saturated heterocycles. The van der Waals surface area contributed by atoms with Gasteiger partial charge in [0.05, 0.1) is 0 Å². The van der Waals surface area contributed by atoms with Gasteiger partial charge in [-0.1, -0.05) is 30.4 Å². The van der Waals surface area contributed by atoms with Gasteiger partial charge in [0.1, 0.15) is 0 Å². The molecule has 0 bridgehead atoms. The van der Waals surface area contributed by atoms with Crippen molar-refractivity contribution in [1.82, 2.24) is 0 Å². The largest absolute Gasteiger partial charge is 0.330 e. The van der Waals surface area contributed by atoms with Crippen LogP contribution >= 0.6 is 0 Å². The normalized spacial score (nSPS) is 10.5. The summed E-state index contributed by atoms with van der Waals surface area (Å²) in [6.45, 7) is 2.14. The van der Waals surface area contributed by atoms with E-state index in [1.54, 1.807) is 0 Å². The average Bonchev–Trinajstić information content (AvgIpc) is 2.20. The first-order valence-corrected chi connectivity index (χ1v) is 4.97. The Morgan fingerprint density at radius 3 is 2.87 bits per heavy atom. The summed E-state index contributed by atoms with van der Waals surface area (Å²) in [5, 5.41) is 2.78. The summed E-state index contributed by atoms with van der Waals surface area (Å²) < 4.78 is 0. The van der Waals surface area contributed by atoms with Crippen LogP contribution in [0.2, 0.25) is 0 Å². The Labute approximate surface area is 90.0 Å². The summed E-state index contributed by atoms with van der Waals surface area (Å²) in [4.78, 5) is 10.9. The van der Waals surface area contributed by atoms with E-state index in [9.17, 15) is 4.79 Å². The van der Waals surface area contributed by atoms with Crippen LogP contribution in [0.4, 0.5) is 5.69 Å². The second kappa shape index (κ2) is 5.98. The molecule has 0 radical (unpaired) electrons. The molecule has 0 saturated carbocycles. The Morgan fingerprint density at radius 1 is 1.47 bits per heavy atom. The van der Waals surface area contributed by atoms with E-state index >= 15 is 0 Å². The van der Waals surface area contributed by atoms with Gasteiger partial charge >= 0.3 is 0 Å². The van der Waals surface area contributed by atoms with Crippen molar-refractivity contribution in [3.8, 4) is 0 Å². The van der Waals surface area contributed by atoms with E-state index in [1.165, 1.54) is 6.92 Å². The van der Waals surface area contributed by atoms with Crippen molar-refractivity contribution in [2.24, 2.45) is 5.73 Å². The van der Waals surface area contributed by atoms with Crippen molar-refractivity contribution in [2.75, 3.05) is 11.9 Å². The lowest BCUT2D eigenvalue weighted by atomic mass is 10.1. The van der Waals surface area contributed by atoms with Gasteiger partial charge in [-0.05, 0) is 24.6 Å². The van der Waals surface area contributed by atoms with E-state index in [1.807, 2.05) is 36.4 Å². The molecule has 0 aliphatic rings. The molecule has 0 heterocycles. The van der Waals surface area contributed by atoms with E-state index in [4.69, 9.17) is 5.73 Å². The Bertz CT molecular complexity index is 358. The zero-order valence-electron chi connectivity index (χ0n) is 8.86. The fraction of sp³-hybridized carbons (Fsp3) is 0.250. The summed E-state index contributed by atoms with van der Waals surface area (Å²) >= 11 is 0. The minimum atomic E-state index is -0.0605. The molecule has 0 fully saturated rings. The summed E-state index contributed by atoms with van der Waals surface area (Å²) in [6.07, 6.45) is 4.81. The maximum absolute atomic E-state index is 10.9. The van der Waals surface area contributed by atoms with E-state index in [0.717, 1.165) is 17.7 Å². The highest BCUT2D eigenvalue weighted by Gasteiger charge is 1.98. The van der Waals surface area contributed by atoms with Gasteiger partial charge in [0, 0.05) is 12.6 Å². The van der Waals surface area contributed by atoms with Crippen LogP contribution in [-0.4, -0.2) is 12.5 Å². The fourth-order valence-electron chi connectivity index (χ4n) is 1.25. The van der Waals surface area contributed by atoms with Crippen molar-refractivity contribution in [2.45, 2.75) is 13.3 Å². The van der Waals surface area contributed by atoms with Crippen LogP contribution in [-0.2, 0) is 4.79 Å². The summed E-state index contributed by atoms with van der Waals surface area (Å²) in [7, 11) is 0.